The number of aromatic nitrogens is 2. The normalized spacial score (nSPS) is 11.8. The summed E-state index contributed by atoms with van der Waals surface area (Å²) in [7, 11) is 0. The van der Waals surface area contributed by atoms with Crippen molar-refractivity contribution in [1.82, 2.24) is 9.97 Å². The van der Waals surface area contributed by atoms with Crippen LogP contribution in [0.2, 0.25) is 0 Å². The highest BCUT2D eigenvalue weighted by atomic mass is 14.9. The summed E-state index contributed by atoms with van der Waals surface area (Å²) in [4.78, 5) is 7.45. The van der Waals surface area contributed by atoms with Gasteiger partial charge >= 0.3 is 0 Å². The lowest BCUT2D eigenvalue weighted by Gasteiger charge is -2.01. The maximum atomic E-state index is 4.23. The molecule has 1 N–H and O–H groups in total. The topological polar surface area (TPSA) is 28.7 Å². The number of nitrogens with one attached hydrogen (secondary N) is 1. The van der Waals surface area contributed by atoms with Gasteiger partial charge in [0.05, 0.1) is 0 Å². The molecule has 2 nitrogen and oxygen atoms in total. The molecule has 1 rings (SSSR count). The third-order valence-electron chi connectivity index (χ3n) is 1.80. The van der Waals surface area contributed by atoms with Gasteiger partial charge < -0.3 is 4.98 Å². The Bertz CT molecular complexity index is 203. The van der Waals surface area contributed by atoms with Crippen molar-refractivity contribution in [2.45, 2.75) is 47.0 Å². The van der Waals surface area contributed by atoms with Crippen LogP contribution in [0.25, 0.3) is 0 Å². The summed E-state index contributed by atoms with van der Waals surface area (Å²) in [5, 5.41) is 0. The van der Waals surface area contributed by atoms with E-state index >= 15 is 0 Å². The van der Waals surface area contributed by atoms with Crippen LogP contribution in [0, 0.1) is 6.92 Å². The van der Waals surface area contributed by atoms with E-state index < -0.39 is 0 Å². The van der Waals surface area contributed by atoms with Crippen molar-refractivity contribution in [2.75, 3.05) is 0 Å². The van der Waals surface area contributed by atoms with Gasteiger partial charge in [-0.15, -0.1) is 0 Å². The number of H-pyrrole nitrogens is 1. The van der Waals surface area contributed by atoms with Crippen molar-refractivity contribution in [3.8, 4) is 0 Å². The fourth-order valence-corrected chi connectivity index (χ4v) is 0.877. The first-order valence-electron chi connectivity index (χ1n) is 4.75. The highest BCUT2D eigenvalue weighted by Gasteiger charge is 2.04. The lowest BCUT2D eigenvalue weighted by molar-refractivity contribution is 0.688. The highest BCUT2D eigenvalue weighted by molar-refractivity contribution is 5.02. The standard InChI is InChI=1S/C8H14N2.C2H6/c1-4-6(2)8-9-5-7(3)10-8;1-2/h5-6H,4H2,1-3H3,(H,9,10);1-2H3. The van der Waals surface area contributed by atoms with Crippen molar-refractivity contribution >= 4 is 0 Å². The molecule has 0 aliphatic heterocycles. The smallest absolute Gasteiger partial charge is 0.109 e. The van der Waals surface area contributed by atoms with Crippen molar-refractivity contribution < 1.29 is 0 Å². The molecule has 0 saturated heterocycles. The molecule has 0 amide bonds. The average Bonchev–Trinajstić information content (AvgIpc) is 2.54. The zero-order valence-corrected chi connectivity index (χ0v) is 8.81. The number of aryl methyl sites for hydroxylation is 1. The van der Waals surface area contributed by atoms with Gasteiger partial charge in [-0.3, -0.25) is 0 Å². The molecule has 0 aromatic carbocycles. The molecule has 0 radical (unpaired) electrons. The maximum Gasteiger partial charge on any atom is 0.109 e. The molecule has 1 aromatic rings. The van der Waals surface area contributed by atoms with Crippen LogP contribution in [0.5, 0.6) is 0 Å². The van der Waals surface area contributed by atoms with E-state index in [2.05, 4.69) is 23.8 Å². The lowest BCUT2D eigenvalue weighted by Crippen LogP contribution is -1.93. The Morgan fingerprint density at radius 3 is 2.42 bits per heavy atom. The number of aromatic amines is 1. The van der Waals surface area contributed by atoms with E-state index in [-0.39, 0.29) is 0 Å². The van der Waals surface area contributed by atoms with Gasteiger partial charge in [-0.2, -0.15) is 0 Å². The number of hydrogen-bond donors (Lipinski definition) is 1. The number of nitrogens with zero attached hydrogens (tertiary/aromatic N) is 1. The summed E-state index contributed by atoms with van der Waals surface area (Å²) >= 11 is 0. The van der Waals surface area contributed by atoms with Gasteiger partial charge in [0, 0.05) is 17.8 Å². The number of rotatable bonds is 2. The Balaban J connectivity index is 0.000000561. The lowest BCUT2D eigenvalue weighted by atomic mass is 10.1. The first kappa shape index (κ1) is 11.2. The van der Waals surface area contributed by atoms with Crippen LogP contribution in [-0.2, 0) is 0 Å². The summed E-state index contributed by atoms with van der Waals surface area (Å²) in [5.74, 6) is 1.67. The summed E-state index contributed by atoms with van der Waals surface area (Å²) in [6, 6.07) is 0. The zero-order valence-electron chi connectivity index (χ0n) is 8.81. The van der Waals surface area contributed by atoms with Gasteiger partial charge in [0.15, 0.2) is 0 Å². The second kappa shape index (κ2) is 5.81. The molecule has 0 aliphatic carbocycles. The largest absolute Gasteiger partial charge is 0.346 e. The fraction of sp³-hybridized carbons (Fsp3) is 0.700. The summed E-state index contributed by atoms with van der Waals surface area (Å²) in [6.45, 7) is 10.4. The fourth-order valence-electron chi connectivity index (χ4n) is 0.877. The molecule has 70 valence electrons. The Labute approximate surface area is 75.4 Å². The molecule has 1 heterocycles. The van der Waals surface area contributed by atoms with Crippen LogP contribution >= 0.6 is 0 Å². The Kier molecular flexibility index (Phi) is 5.43. The second-order valence-corrected chi connectivity index (χ2v) is 2.76. The van der Waals surface area contributed by atoms with Gasteiger partial charge in [-0.1, -0.05) is 27.7 Å². The molecule has 0 bridgehead atoms. The van der Waals surface area contributed by atoms with E-state index in [4.69, 9.17) is 0 Å². The molecule has 1 unspecified atom stereocenters. The minimum absolute atomic E-state index is 0.564. The Morgan fingerprint density at radius 1 is 1.50 bits per heavy atom. The van der Waals surface area contributed by atoms with E-state index in [0.29, 0.717) is 5.92 Å². The zero-order chi connectivity index (χ0) is 9.56. The van der Waals surface area contributed by atoms with Crippen LogP contribution in [-0.4, -0.2) is 9.97 Å². The predicted octanol–water partition coefficient (Wildman–Crippen LogP) is 3.26. The van der Waals surface area contributed by atoms with Crippen molar-refractivity contribution in [3.63, 3.8) is 0 Å². The van der Waals surface area contributed by atoms with E-state index in [1.54, 1.807) is 0 Å². The molecule has 2 heteroatoms. The summed E-state index contributed by atoms with van der Waals surface area (Å²) < 4.78 is 0. The molecular formula is C10H20N2. The van der Waals surface area contributed by atoms with E-state index in [1.165, 1.54) is 0 Å². The molecule has 0 fully saturated rings. The Morgan fingerprint density at radius 2 is 2.08 bits per heavy atom. The number of imidazole rings is 1. The van der Waals surface area contributed by atoms with Gasteiger partial charge in [-0.25, -0.2) is 4.98 Å². The van der Waals surface area contributed by atoms with Crippen molar-refractivity contribution in [2.24, 2.45) is 0 Å². The molecule has 1 atom stereocenters. The van der Waals surface area contributed by atoms with Crippen LogP contribution in [0.1, 0.15) is 51.6 Å². The van der Waals surface area contributed by atoms with Gasteiger partial charge in [0.1, 0.15) is 5.82 Å². The summed E-state index contributed by atoms with van der Waals surface area (Å²) in [6.07, 6.45) is 3.02. The molecule has 0 spiro atoms. The molecule has 12 heavy (non-hydrogen) atoms. The number of hydrogen-bond acceptors (Lipinski definition) is 1. The molecule has 0 aliphatic rings. The average molecular weight is 168 g/mol. The van der Waals surface area contributed by atoms with Gasteiger partial charge in [-0.05, 0) is 13.3 Å². The van der Waals surface area contributed by atoms with Crippen LogP contribution in [0.15, 0.2) is 6.20 Å². The molecular weight excluding hydrogens is 148 g/mol. The molecule has 1 aromatic heterocycles. The van der Waals surface area contributed by atoms with Crippen LogP contribution in [0.3, 0.4) is 0 Å². The Hall–Kier alpha value is -0.790. The van der Waals surface area contributed by atoms with Gasteiger partial charge in [0.25, 0.3) is 0 Å². The molecule has 0 saturated carbocycles. The minimum Gasteiger partial charge on any atom is -0.346 e. The SMILES string of the molecule is CC.CCC(C)c1ncc(C)[nH]1. The van der Waals surface area contributed by atoms with E-state index in [1.807, 2.05) is 27.0 Å². The van der Waals surface area contributed by atoms with Gasteiger partial charge in [0.2, 0.25) is 0 Å². The van der Waals surface area contributed by atoms with Crippen LogP contribution in [0.4, 0.5) is 0 Å². The third kappa shape index (κ3) is 3.07. The quantitative estimate of drug-likeness (QED) is 0.721. The first-order chi connectivity index (χ1) is 5.74. The maximum absolute atomic E-state index is 4.23. The minimum atomic E-state index is 0.564. The summed E-state index contributed by atoms with van der Waals surface area (Å²) in [5.41, 5.74) is 1.15. The van der Waals surface area contributed by atoms with E-state index in [0.717, 1.165) is 17.9 Å². The monoisotopic (exact) mass is 168 g/mol. The highest BCUT2D eigenvalue weighted by Crippen LogP contribution is 2.13. The van der Waals surface area contributed by atoms with Crippen LogP contribution < -0.4 is 0 Å². The third-order valence-corrected chi connectivity index (χ3v) is 1.80. The second-order valence-electron chi connectivity index (χ2n) is 2.76. The van der Waals surface area contributed by atoms with Crippen molar-refractivity contribution in [3.05, 3.63) is 17.7 Å². The first-order valence-corrected chi connectivity index (χ1v) is 4.75. The predicted molar refractivity (Wildman–Crippen MR) is 53.4 cm³/mol. The van der Waals surface area contributed by atoms with E-state index in [9.17, 15) is 0 Å². The van der Waals surface area contributed by atoms with Crippen molar-refractivity contribution in [1.29, 1.82) is 0 Å².